The fourth-order valence-corrected chi connectivity index (χ4v) is 1.84. The third kappa shape index (κ3) is 5.87. The molecule has 0 fully saturated rings. The first-order chi connectivity index (χ1) is 10.8. The highest BCUT2D eigenvalue weighted by Gasteiger charge is 2.20. The second kappa shape index (κ2) is 8.64. The molecule has 0 amide bonds. The lowest BCUT2D eigenvalue weighted by Crippen LogP contribution is -2.25. The van der Waals surface area contributed by atoms with Crippen molar-refractivity contribution in [3.8, 4) is 6.07 Å². The number of Topliss-reactive ketones (excluding diaryl/α,β-unsaturated/α-hetero) is 1. The van der Waals surface area contributed by atoms with Crippen LogP contribution in [0.3, 0.4) is 0 Å². The van der Waals surface area contributed by atoms with Gasteiger partial charge in [-0.15, -0.1) is 0 Å². The summed E-state index contributed by atoms with van der Waals surface area (Å²) in [6, 6.07) is 9.49. The van der Waals surface area contributed by atoms with Crippen molar-refractivity contribution < 1.29 is 14.3 Å². The molecular weight excluding hydrogens is 292 g/mol. The van der Waals surface area contributed by atoms with Crippen LogP contribution in [0.1, 0.15) is 37.8 Å². The number of nitrogens with zero attached hydrogens (tertiary/aromatic N) is 1. The van der Waals surface area contributed by atoms with E-state index in [1.54, 1.807) is 12.1 Å². The van der Waals surface area contributed by atoms with Gasteiger partial charge in [-0.05, 0) is 30.0 Å². The van der Waals surface area contributed by atoms with Gasteiger partial charge in [0.25, 0.3) is 0 Å². The summed E-state index contributed by atoms with van der Waals surface area (Å²) in [6.45, 7) is 5.06. The highest BCUT2D eigenvalue weighted by molar-refractivity contribution is 6.06. The van der Waals surface area contributed by atoms with Gasteiger partial charge < -0.3 is 10.1 Å². The first kappa shape index (κ1) is 18.3. The zero-order chi connectivity index (χ0) is 17.4. The molecule has 0 spiro atoms. The highest BCUT2D eigenvalue weighted by atomic mass is 16.5. The highest BCUT2D eigenvalue weighted by Crippen LogP contribution is 2.15. The molecular formula is C18H20N2O3. The van der Waals surface area contributed by atoms with Crippen LogP contribution in [-0.2, 0) is 14.3 Å². The molecule has 5 heteroatoms. The van der Waals surface area contributed by atoms with Crippen LogP contribution in [0.25, 0.3) is 6.08 Å². The Morgan fingerprint density at radius 2 is 1.91 bits per heavy atom. The third-order valence-corrected chi connectivity index (χ3v) is 3.26. The number of rotatable bonds is 7. The van der Waals surface area contributed by atoms with Gasteiger partial charge in [-0.3, -0.25) is 4.79 Å². The maximum Gasteiger partial charge on any atom is 0.331 e. The first-order valence-electron chi connectivity index (χ1n) is 7.27. The molecule has 0 saturated carbocycles. The predicted molar refractivity (Wildman–Crippen MR) is 88.0 cm³/mol. The molecule has 0 aliphatic heterocycles. The molecule has 1 aromatic carbocycles. The average Bonchev–Trinajstić information content (AvgIpc) is 2.51. The fraction of sp³-hybridized carbons (Fsp3) is 0.333. The monoisotopic (exact) mass is 312 g/mol. The normalized spacial score (nSPS) is 12.0. The minimum atomic E-state index is -1.16. The Hall–Kier alpha value is -2.74. The molecule has 1 N–H and O–H groups in total. The Morgan fingerprint density at radius 1 is 1.30 bits per heavy atom. The van der Waals surface area contributed by atoms with Gasteiger partial charge in [0.05, 0.1) is 6.07 Å². The van der Waals surface area contributed by atoms with Crippen LogP contribution in [-0.4, -0.2) is 24.1 Å². The summed E-state index contributed by atoms with van der Waals surface area (Å²) in [5.41, 5.74) is 2.00. The second-order valence-electron chi connectivity index (χ2n) is 5.47. The number of benzene rings is 1. The van der Waals surface area contributed by atoms with E-state index >= 15 is 0 Å². The maximum absolute atomic E-state index is 11.6. The van der Waals surface area contributed by atoms with E-state index in [0.717, 1.165) is 5.56 Å². The summed E-state index contributed by atoms with van der Waals surface area (Å²) in [4.78, 5) is 23.2. The van der Waals surface area contributed by atoms with Crippen molar-refractivity contribution in [1.29, 1.82) is 10.7 Å². The van der Waals surface area contributed by atoms with Crippen LogP contribution in [0, 0.1) is 22.7 Å². The van der Waals surface area contributed by atoms with Crippen LogP contribution >= 0.6 is 0 Å². The van der Waals surface area contributed by atoms with E-state index in [9.17, 15) is 9.59 Å². The van der Waals surface area contributed by atoms with Gasteiger partial charge in [-0.1, -0.05) is 38.1 Å². The van der Waals surface area contributed by atoms with Gasteiger partial charge in [0.1, 0.15) is 5.92 Å². The number of carbonyl (C=O) groups is 2. The third-order valence-electron chi connectivity index (χ3n) is 3.26. The Balaban J connectivity index is 2.55. The van der Waals surface area contributed by atoms with E-state index < -0.39 is 24.3 Å². The van der Waals surface area contributed by atoms with Crippen LogP contribution < -0.4 is 0 Å². The molecule has 120 valence electrons. The van der Waals surface area contributed by atoms with Crippen molar-refractivity contribution in [3.63, 3.8) is 0 Å². The van der Waals surface area contributed by atoms with Crippen LogP contribution in [0.15, 0.2) is 30.3 Å². The van der Waals surface area contributed by atoms with E-state index in [1.807, 2.05) is 24.3 Å². The quantitative estimate of drug-likeness (QED) is 0.476. The van der Waals surface area contributed by atoms with Crippen molar-refractivity contribution in [2.75, 3.05) is 6.61 Å². The summed E-state index contributed by atoms with van der Waals surface area (Å²) in [7, 11) is 0. The molecule has 0 bridgehead atoms. The molecule has 0 aliphatic carbocycles. The SMILES string of the molecule is CC(=N)[C@@H](C#N)C(=O)COC(=O)/C=C/c1ccc(C(C)C)cc1. The Bertz CT molecular complexity index is 652. The largest absolute Gasteiger partial charge is 0.454 e. The van der Waals surface area contributed by atoms with Crippen molar-refractivity contribution in [3.05, 3.63) is 41.5 Å². The molecule has 1 atom stereocenters. The van der Waals surface area contributed by atoms with Crippen LogP contribution in [0.4, 0.5) is 0 Å². The average molecular weight is 312 g/mol. The summed E-state index contributed by atoms with van der Waals surface area (Å²) in [5, 5.41) is 16.1. The molecule has 0 aromatic heterocycles. The Labute approximate surface area is 136 Å². The van der Waals surface area contributed by atoms with E-state index in [4.69, 9.17) is 15.4 Å². The number of hydrogen-bond donors (Lipinski definition) is 1. The molecule has 0 unspecified atom stereocenters. The number of esters is 1. The molecule has 23 heavy (non-hydrogen) atoms. The number of hydrogen-bond acceptors (Lipinski definition) is 5. The predicted octanol–water partition coefficient (Wildman–Crippen LogP) is 3.11. The van der Waals surface area contributed by atoms with Crippen molar-refractivity contribution in [2.45, 2.75) is 26.7 Å². The minimum absolute atomic E-state index is 0.0608. The van der Waals surface area contributed by atoms with E-state index in [2.05, 4.69) is 13.8 Å². The molecule has 0 heterocycles. The summed E-state index contributed by atoms with van der Waals surface area (Å²) < 4.78 is 4.80. The summed E-state index contributed by atoms with van der Waals surface area (Å²) in [5.74, 6) is -1.97. The fourth-order valence-electron chi connectivity index (χ4n) is 1.84. The van der Waals surface area contributed by atoms with Crippen LogP contribution in [0.5, 0.6) is 0 Å². The lowest BCUT2D eigenvalue weighted by Gasteiger charge is -2.06. The van der Waals surface area contributed by atoms with Gasteiger partial charge in [0, 0.05) is 11.8 Å². The number of ketones is 1. The molecule has 0 saturated heterocycles. The molecule has 1 aromatic rings. The van der Waals surface area contributed by atoms with Gasteiger partial charge >= 0.3 is 5.97 Å². The Morgan fingerprint density at radius 3 is 2.39 bits per heavy atom. The van der Waals surface area contributed by atoms with Crippen molar-refractivity contribution in [2.24, 2.45) is 5.92 Å². The van der Waals surface area contributed by atoms with Gasteiger partial charge in [0.15, 0.2) is 12.4 Å². The number of nitriles is 1. The van der Waals surface area contributed by atoms with E-state index in [-0.39, 0.29) is 5.71 Å². The summed E-state index contributed by atoms with van der Waals surface area (Å²) >= 11 is 0. The minimum Gasteiger partial charge on any atom is -0.454 e. The lowest BCUT2D eigenvalue weighted by molar-refractivity contribution is -0.143. The van der Waals surface area contributed by atoms with E-state index in [0.29, 0.717) is 5.92 Å². The molecule has 5 nitrogen and oxygen atoms in total. The number of carbonyl (C=O) groups excluding carboxylic acids is 2. The zero-order valence-corrected chi connectivity index (χ0v) is 13.5. The number of nitrogens with one attached hydrogen (secondary N) is 1. The van der Waals surface area contributed by atoms with Crippen molar-refractivity contribution in [1.82, 2.24) is 0 Å². The zero-order valence-electron chi connectivity index (χ0n) is 13.5. The molecule has 1 rings (SSSR count). The van der Waals surface area contributed by atoms with Crippen molar-refractivity contribution >= 4 is 23.5 Å². The molecule has 0 radical (unpaired) electrons. The Kier molecular flexibility index (Phi) is 6.88. The van der Waals surface area contributed by atoms with Crippen LogP contribution in [0.2, 0.25) is 0 Å². The van der Waals surface area contributed by atoms with Gasteiger partial charge in [-0.25, -0.2) is 4.79 Å². The topological polar surface area (TPSA) is 91.0 Å². The summed E-state index contributed by atoms with van der Waals surface area (Å²) in [6.07, 6.45) is 2.83. The standard InChI is InChI=1S/C18H20N2O3/c1-12(2)15-7-4-14(5-8-15)6-9-18(22)23-11-17(21)16(10-19)13(3)20/h4-9,12,16,20H,11H2,1-3H3/b9-6+,20-13?/t16-/m1/s1. The van der Waals surface area contributed by atoms with Gasteiger partial charge in [-0.2, -0.15) is 5.26 Å². The smallest absolute Gasteiger partial charge is 0.331 e. The second-order valence-corrected chi connectivity index (χ2v) is 5.47. The lowest BCUT2D eigenvalue weighted by atomic mass is 10.0. The first-order valence-corrected chi connectivity index (χ1v) is 7.27. The maximum atomic E-state index is 11.6. The van der Waals surface area contributed by atoms with Gasteiger partial charge in [0.2, 0.25) is 0 Å². The van der Waals surface area contributed by atoms with E-state index in [1.165, 1.54) is 18.6 Å². The molecule has 0 aliphatic rings. The number of ether oxygens (including phenoxy) is 1.